The summed E-state index contributed by atoms with van der Waals surface area (Å²) in [7, 11) is 0. The van der Waals surface area contributed by atoms with Gasteiger partial charge in [-0.15, -0.1) is 10.2 Å². The van der Waals surface area contributed by atoms with E-state index in [0.29, 0.717) is 5.84 Å². The number of nitrogens with one attached hydrogen (secondary N) is 1. The molecular weight excluding hydrogens is 364 g/mol. The van der Waals surface area contributed by atoms with Crippen molar-refractivity contribution in [3.63, 3.8) is 0 Å². The minimum Gasteiger partial charge on any atom is -0.276 e. The lowest BCUT2D eigenvalue weighted by molar-refractivity contribution is 1.22. The fourth-order valence-corrected chi connectivity index (χ4v) is 2.40. The van der Waals surface area contributed by atoms with Crippen molar-refractivity contribution in [2.45, 2.75) is 0 Å². The van der Waals surface area contributed by atoms with Gasteiger partial charge in [0.05, 0.1) is 11.4 Å². The van der Waals surface area contributed by atoms with Crippen molar-refractivity contribution in [1.29, 1.82) is 0 Å². The van der Waals surface area contributed by atoms with Gasteiger partial charge in [-0.2, -0.15) is 5.10 Å². The first-order chi connectivity index (χ1) is 11.8. The molecule has 0 spiro atoms. The molecule has 0 bridgehead atoms. The van der Waals surface area contributed by atoms with Gasteiger partial charge in [0.25, 0.3) is 0 Å². The molecule has 0 heterocycles. The molecule has 0 atom stereocenters. The SMILES string of the molecule is Brc1cccc(/C(N=Nc2ccccc2)=N\Nc2ccccc2)c1. The van der Waals surface area contributed by atoms with Crippen LogP contribution in [0.3, 0.4) is 0 Å². The van der Waals surface area contributed by atoms with Crippen LogP contribution in [0.15, 0.2) is 105 Å². The van der Waals surface area contributed by atoms with Crippen molar-refractivity contribution < 1.29 is 0 Å². The number of azo groups is 1. The molecule has 0 aliphatic carbocycles. The first-order valence-corrected chi connectivity index (χ1v) is 8.22. The Hall–Kier alpha value is -2.79. The van der Waals surface area contributed by atoms with Crippen LogP contribution in [0.1, 0.15) is 5.56 Å². The average molecular weight is 379 g/mol. The van der Waals surface area contributed by atoms with E-state index >= 15 is 0 Å². The third-order valence-electron chi connectivity index (χ3n) is 3.16. The first-order valence-electron chi connectivity index (χ1n) is 7.43. The zero-order valence-corrected chi connectivity index (χ0v) is 14.4. The maximum Gasteiger partial charge on any atom is 0.201 e. The summed E-state index contributed by atoms with van der Waals surface area (Å²) >= 11 is 3.47. The predicted molar refractivity (Wildman–Crippen MR) is 102 cm³/mol. The van der Waals surface area contributed by atoms with E-state index in [1.165, 1.54) is 0 Å². The van der Waals surface area contributed by atoms with E-state index in [1.807, 2.05) is 84.9 Å². The van der Waals surface area contributed by atoms with Crippen molar-refractivity contribution in [1.82, 2.24) is 0 Å². The summed E-state index contributed by atoms with van der Waals surface area (Å²) in [5.74, 6) is 0.504. The molecular formula is C19H15BrN4. The lowest BCUT2D eigenvalue weighted by Crippen LogP contribution is -2.01. The van der Waals surface area contributed by atoms with Gasteiger partial charge in [0.15, 0.2) is 0 Å². The number of hydrogen-bond donors (Lipinski definition) is 1. The molecule has 1 N–H and O–H groups in total. The summed E-state index contributed by atoms with van der Waals surface area (Å²) in [6.07, 6.45) is 0. The van der Waals surface area contributed by atoms with Gasteiger partial charge in [-0.1, -0.05) is 64.5 Å². The number of anilines is 1. The van der Waals surface area contributed by atoms with E-state index in [0.717, 1.165) is 21.4 Å². The van der Waals surface area contributed by atoms with Gasteiger partial charge >= 0.3 is 0 Å². The van der Waals surface area contributed by atoms with Crippen LogP contribution in [0.4, 0.5) is 11.4 Å². The van der Waals surface area contributed by atoms with Crippen LogP contribution in [-0.2, 0) is 0 Å². The minimum atomic E-state index is 0.504. The number of hydrogen-bond acceptors (Lipinski definition) is 3. The number of nitrogens with zero attached hydrogens (tertiary/aromatic N) is 3. The summed E-state index contributed by atoms with van der Waals surface area (Å²) in [5.41, 5.74) is 5.55. The van der Waals surface area contributed by atoms with E-state index in [9.17, 15) is 0 Å². The zero-order chi connectivity index (χ0) is 16.6. The molecule has 0 aliphatic rings. The molecule has 3 aromatic rings. The number of hydrazone groups is 1. The van der Waals surface area contributed by atoms with Gasteiger partial charge in [-0.3, -0.25) is 5.43 Å². The summed E-state index contributed by atoms with van der Waals surface area (Å²) in [5, 5.41) is 13.0. The maximum atomic E-state index is 4.41. The fourth-order valence-electron chi connectivity index (χ4n) is 2.00. The first kappa shape index (κ1) is 16.1. The van der Waals surface area contributed by atoms with Crippen LogP contribution in [0.25, 0.3) is 0 Å². The van der Waals surface area contributed by atoms with Crippen molar-refractivity contribution in [3.8, 4) is 0 Å². The Bertz CT molecular complexity index is 846. The topological polar surface area (TPSA) is 49.1 Å². The molecule has 4 nitrogen and oxygen atoms in total. The monoisotopic (exact) mass is 378 g/mol. The summed E-state index contributed by atoms with van der Waals surface area (Å²) in [4.78, 5) is 0. The fraction of sp³-hybridized carbons (Fsp3) is 0. The maximum absolute atomic E-state index is 4.41. The van der Waals surface area contributed by atoms with E-state index in [2.05, 4.69) is 36.7 Å². The molecule has 0 aliphatic heterocycles. The predicted octanol–water partition coefficient (Wildman–Crippen LogP) is 6.01. The highest BCUT2D eigenvalue weighted by molar-refractivity contribution is 9.10. The molecule has 0 saturated heterocycles. The number of para-hydroxylation sites is 1. The molecule has 3 rings (SSSR count). The van der Waals surface area contributed by atoms with Gasteiger partial charge < -0.3 is 0 Å². The zero-order valence-electron chi connectivity index (χ0n) is 12.8. The molecule has 0 radical (unpaired) electrons. The van der Waals surface area contributed by atoms with Gasteiger partial charge in [0.2, 0.25) is 5.84 Å². The second-order valence-corrected chi connectivity index (χ2v) is 5.87. The van der Waals surface area contributed by atoms with Gasteiger partial charge in [-0.25, -0.2) is 0 Å². The van der Waals surface area contributed by atoms with E-state index < -0.39 is 0 Å². The summed E-state index contributed by atoms with van der Waals surface area (Å²) in [6.45, 7) is 0. The van der Waals surface area contributed by atoms with E-state index in [4.69, 9.17) is 0 Å². The molecule has 0 amide bonds. The second-order valence-electron chi connectivity index (χ2n) is 4.96. The van der Waals surface area contributed by atoms with Crippen molar-refractivity contribution in [2.75, 3.05) is 5.43 Å². The standard InChI is InChI=1S/C19H15BrN4/c20-16-9-7-8-15(14-16)19(23-21-17-10-3-1-4-11-17)24-22-18-12-5-2-6-13-18/h1-14,21H/b23-19+,24-22?. The highest BCUT2D eigenvalue weighted by atomic mass is 79.9. The Balaban J connectivity index is 1.90. The number of benzene rings is 3. The van der Waals surface area contributed by atoms with Crippen LogP contribution in [0.2, 0.25) is 0 Å². The van der Waals surface area contributed by atoms with Gasteiger partial charge in [0.1, 0.15) is 0 Å². The van der Waals surface area contributed by atoms with Crippen LogP contribution < -0.4 is 5.43 Å². The lowest BCUT2D eigenvalue weighted by Gasteiger charge is -2.04. The summed E-state index contributed by atoms with van der Waals surface area (Å²) in [6, 6.07) is 27.1. The largest absolute Gasteiger partial charge is 0.276 e. The highest BCUT2D eigenvalue weighted by Gasteiger charge is 2.04. The molecule has 118 valence electrons. The molecule has 0 fully saturated rings. The average Bonchev–Trinajstić information content (AvgIpc) is 2.63. The highest BCUT2D eigenvalue weighted by Crippen LogP contribution is 2.16. The third-order valence-corrected chi connectivity index (χ3v) is 3.66. The minimum absolute atomic E-state index is 0.504. The van der Waals surface area contributed by atoms with Crippen molar-refractivity contribution in [3.05, 3.63) is 95.0 Å². The Labute approximate surface area is 149 Å². The smallest absolute Gasteiger partial charge is 0.201 e. The normalized spacial score (nSPS) is 11.6. The molecule has 3 aromatic carbocycles. The molecule has 24 heavy (non-hydrogen) atoms. The van der Waals surface area contributed by atoms with Crippen LogP contribution >= 0.6 is 15.9 Å². The molecule has 0 unspecified atom stereocenters. The number of rotatable bonds is 4. The molecule has 5 heteroatoms. The van der Waals surface area contributed by atoms with Crippen LogP contribution in [0, 0.1) is 0 Å². The third kappa shape index (κ3) is 4.60. The van der Waals surface area contributed by atoms with Crippen LogP contribution in [0.5, 0.6) is 0 Å². The number of halogens is 1. The van der Waals surface area contributed by atoms with Gasteiger partial charge in [-0.05, 0) is 36.4 Å². The summed E-state index contributed by atoms with van der Waals surface area (Å²) < 4.78 is 0.960. The lowest BCUT2D eigenvalue weighted by atomic mass is 10.2. The second kappa shape index (κ2) is 8.17. The number of amidine groups is 1. The molecule has 0 aromatic heterocycles. The van der Waals surface area contributed by atoms with Crippen LogP contribution in [-0.4, -0.2) is 5.84 Å². The quantitative estimate of drug-likeness (QED) is 0.257. The Kier molecular flexibility index (Phi) is 5.48. The van der Waals surface area contributed by atoms with Crippen molar-refractivity contribution >= 4 is 33.1 Å². The van der Waals surface area contributed by atoms with Crippen molar-refractivity contribution in [2.24, 2.45) is 15.3 Å². The Morgan fingerprint density at radius 1 is 0.792 bits per heavy atom. The van der Waals surface area contributed by atoms with E-state index in [1.54, 1.807) is 0 Å². The Morgan fingerprint density at radius 3 is 2.21 bits per heavy atom. The molecule has 0 saturated carbocycles. The van der Waals surface area contributed by atoms with E-state index in [-0.39, 0.29) is 0 Å². The Morgan fingerprint density at radius 2 is 1.50 bits per heavy atom. The van der Waals surface area contributed by atoms with Gasteiger partial charge in [0, 0.05) is 10.0 Å².